The van der Waals surface area contributed by atoms with Crippen LogP contribution in [0.2, 0.25) is 0 Å². The SMILES string of the molecule is C[C@@]1(OC(=O)N2CCCC2)CC[C@H](C(=O)N2CCN(c3ccccc3)CC2)[C@@H](C(=O)NO)C1.O=C(O)C(F)(F)F. The van der Waals surface area contributed by atoms with E-state index >= 15 is 0 Å². The first kappa shape index (κ1) is 31.0. The number of anilines is 1. The number of piperazine rings is 1. The van der Waals surface area contributed by atoms with E-state index in [0.717, 1.165) is 31.6 Å². The molecule has 222 valence electrons. The number of ether oxygens (including phenoxy) is 1. The average Bonchev–Trinajstić information content (AvgIpc) is 3.48. The first-order valence-corrected chi connectivity index (χ1v) is 13.2. The summed E-state index contributed by atoms with van der Waals surface area (Å²) < 4.78 is 37.6. The zero-order chi connectivity index (χ0) is 29.5. The smallest absolute Gasteiger partial charge is 0.475 e. The molecule has 1 aromatic carbocycles. The van der Waals surface area contributed by atoms with Gasteiger partial charge in [0.25, 0.3) is 0 Å². The number of carbonyl (C=O) groups is 4. The lowest BCUT2D eigenvalue weighted by Crippen LogP contribution is -2.55. The Balaban J connectivity index is 0.000000559. The molecule has 3 atom stereocenters. The van der Waals surface area contributed by atoms with Crippen molar-refractivity contribution in [2.24, 2.45) is 11.8 Å². The highest BCUT2D eigenvalue weighted by Crippen LogP contribution is 2.40. The molecule has 0 unspecified atom stereocenters. The predicted octanol–water partition coefficient (Wildman–Crippen LogP) is 2.88. The number of amides is 3. The van der Waals surface area contributed by atoms with E-state index in [1.54, 1.807) is 10.4 Å². The third-order valence-corrected chi connectivity index (χ3v) is 7.54. The van der Waals surface area contributed by atoms with E-state index in [1.165, 1.54) is 0 Å². The minimum absolute atomic E-state index is 0.0655. The van der Waals surface area contributed by atoms with Crippen LogP contribution in [-0.4, -0.2) is 95.0 Å². The molecular weight excluding hydrogens is 537 g/mol. The van der Waals surface area contributed by atoms with E-state index < -0.39 is 35.5 Å². The Morgan fingerprint density at radius 3 is 2.05 bits per heavy atom. The van der Waals surface area contributed by atoms with E-state index in [1.807, 2.05) is 30.0 Å². The molecule has 11 nitrogen and oxygen atoms in total. The van der Waals surface area contributed by atoms with Crippen molar-refractivity contribution in [3.05, 3.63) is 30.3 Å². The van der Waals surface area contributed by atoms with Crippen LogP contribution < -0.4 is 10.4 Å². The van der Waals surface area contributed by atoms with Gasteiger partial charge in [0, 0.05) is 45.0 Å². The van der Waals surface area contributed by atoms with Gasteiger partial charge in [0.1, 0.15) is 5.60 Å². The minimum Gasteiger partial charge on any atom is -0.475 e. The Morgan fingerprint density at radius 2 is 1.52 bits per heavy atom. The summed E-state index contributed by atoms with van der Waals surface area (Å²) in [6, 6.07) is 10.1. The first-order chi connectivity index (χ1) is 18.8. The maximum absolute atomic E-state index is 13.4. The number of alkyl halides is 3. The monoisotopic (exact) mass is 572 g/mol. The van der Waals surface area contributed by atoms with Gasteiger partial charge in [-0.15, -0.1) is 0 Å². The first-order valence-electron chi connectivity index (χ1n) is 13.2. The van der Waals surface area contributed by atoms with Crippen LogP contribution in [0.25, 0.3) is 0 Å². The summed E-state index contributed by atoms with van der Waals surface area (Å²) in [5.74, 6) is -4.71. The number of carboxylic acids is 1. The van der Waals surface area contributed by atoms with Gasteiger partial charge in [0.15, 0.2) is 0 Å². The largest absolute Gasteiger partial charge is 0.490 e. The summed E-state index contributed by atoms with van der Waals surface area (Å²) in [7, 11) is 0. The number of nitrogens with zero attached hydrogens (tertiary/aromatic N) is 3. The van der Waals surface area contributed by atoms with Crippen LogP contribution >= 0.6 is 0 Å². The highest BCUT2D eigenvalue weighted by molar-refractivity contribution is 5.88. The molecule has 40 heavy (non-hydrogen) atoms. The van der Waals surface area contributed by atoms with Gasteiger partial charge in [-0.1, -0.05) is 18.2 Å². The molecule has 1 aliphatic carbocycles. The highest BCUT2D eigenvalue weighted by Gasteiger charge is 2.48. The summed E-state index contributed by atoms with van der Waals surface area (Å²) in [5, 5.41) is 16.5. The Hall–Kier alpha value is -3.55. The number of halogens is 3. The Labute approximate surface area is 229 Å². The maximum atomic E-state index is 13.4. The van der Waals surface area contributed by atoms with Crippen LogP contribution in [0.15, 0.2) is 30.3 Å². The van der Waals surface area contributed by atoms with Gasteiger partial charge in [0.05, 0.1) is 11.8 Å². The van der Waals surface area contributed by atoms with Gasteiger partial charge in [-0.2, -0.15) is 13.2 Å². The molecule has 0 radical (unpaired) electrons. The summed E-state index contributed by atoms with van der Waals surface area (Å²) in [4.78, 5) is 53.1. The second-order valence-corrected chi connectivity index (χ2v) is 10.4. The van der Waals surface area contributed by atoms with Crippen molar-refractivity contribution in [3.8, 4) is 0 Å². The molecule has 0 spiro atoms. The number of benzene rings is 1. The van der Waals surface area contributed by atoms with Gasteiger partial charge in [-0.25, -0.2) is 15.1 Å². The van der Waals surface area contributed by atoms with Gasteiger partial charge in [-0.3, -0.25) is 14.8 Å². The highest BCUT2D eigenvalue weighted by atomic mass is 19.4. The van der Waals surface area contributed by atoms with E-state index in [2.05, 4.69) is 17.0 Å². The molecule has 2 aliphatic heterocycles. The number of aliphatic carboxylic acids is 1. The molecule has 3 N–H and O–H groups in total. The van der Waals surface area contributed by atoms with Crippen molar-refractivity contribution in [1.29, 1.82) is 0 Å². The van der Waals surface area contributed by atoms with Crippen molar-refractivity contribution in [3.63, 3.8) is 0 Å². The molecule has 2 saturated heterocycles. The van der Waals surface area contributed by atoms with Gasteiger partial charge in [0.2, 0.25) is 11.8 Å². The van der Waals surface area contributed by atoms with Crippen LogP contribution in [0.4, 0.5) is 23.7 Å². The topological polar surface area (TPSA) is 140 Å². The summed E-state index contributed by atoms with van der Waals surface area (Å²) in [6.07, 6.45) is -2.37. The molecule has 14 heteroatoms. The number of hydroxylamine groups is 1. The molecule has 3 amide bonds. The number of nitrogens with one attached hydrogen (secondary N) is 1. The molecule has 1 aromatic rings. The molecule has 3 aliphatic rings. The normalized spacial score (nSPS) is 25.0. The molecule has 0 bridgehead atoms. The standard InChI is InChI=1S/C24H34N4O5.C2HF3O2/c1-24(33-23(31)28-11-5-6-12-28)10-9-19(20(17-24)21(29)25-32)22(30)27-15-13-26(14-16-27)18-7-3-2-4-8-18;3-2(4,5)1(6)7/h2-4,7-8,19-20,32H,5-6,9-17H2,1H3,(H,25,29);(H,6,7)/t19-,20-,24+;/m0./s1. The fourth-order valence-electron chi connectivity index (χ4n) is 5.35. The van der Waals surface area contributed by atoms with Crippen molar-refractivity contribution in [2.45, 2.75) is 50.8 Å². The van der Waals surface area contributed by atoms with E-state index in [0.29, 0.717) is 39.0 Å². The fraction of sp³-hybridized carbons (Fsp3) is 0.615. The Bertz CT molecular complexity index is 1040. The van der Waals surface area contributed by atoms with Crippen LogP contribution in [0, 0.1) is 11.8 Å². The second-order valence-electron chi connectivity index (χ2n) is 10.4. The zero-order valence-corrected chi connectivity index (χ0v) is 22.2. The van der Waals surface area contributed by atoms with Crippen LogP contribution in [0.1, 0.15) is 39.0 Å². The van der Waals surface area contributed by atoms with E-state index in [4.69, 9.17) is 14.6 Å². The van der Waals surface area contributed by atoms with Gasteiger partial charge in [-0.05, 0) is 51.2 Å². The molecule has 4 rings (SSSR count). The average molecular weight is 573 g/mol. The summed E-state index contributed by atoms with van der Waals surface area (Å²) in [5.41, 5.74) is 2.02. The molecule has 1 saturated carbocycles. The quantitative estimate of drug-likeness (QED) is 0.370. The lowest BCUT2D eigenvalue weighted by Gasteiger charge is -2.43. The molecule has 0 aromatic heterocycles. The van der Waals surface area contributed by atoms with Crippen LogP contribution in [0.3, 0.4) is 0 Å². The molecule has 2 heterocycles. The lowest BCUT2D eigenvalue weighted by atomic mass is 9.71. The number of carboxylic acid groups (broad SMARTS) is 1. The number of hydrogen-bond donors (Lipinski definition) is 3. The van der Waals surface area contributed by atoms with Crippen LogP contribution in [0.5, 0.6) is 0 Å². The molecular formula is C26H35F3N4O7. The lowest BCUT2D eigenvalue weighted by molar-refractivity contribution is -0.192. The van der Waals surface area contributed by atoms with E-state index in [-0.39, 0.29) is 18.4 Å². The van der Waals surface area contributed by atoms with Crippen molar-refractivity contribution in [1.82, 2.24) is 15.3 Å². The van der Waals surface area contributed by atoms with Crippen molar-refractivity contribution < 1.29 is 47.4 Å². The number of carbonyl (C=O) groups excluding carboxylic acids is 3. The Kier molecular flexibility index (Phi) is 10.2. The third kappa shape index (κ3) is 7.99. The second kappa shape index (κ2) is 13.2. The number of hydrogen-bond acceptors (Lipinski definition) is 7. The zero-order valence-electron chi connectivity index (χ0n) is 22.2. The maximum Gasteiger partial charge on any atom is 0.490 e. The van der Waals surface area contributed by atoms with Crippen molar-refractivity contribution in [2.75, 3.05) is 44.2 Å². The van der Waals surface area contributed by atoms with Crippen LogP contribution in [-0.2, 0) is 19.1 Å². The van der Waals surface area contributed by atoms with Crippen molar-refractivity contribution >= 4 is 29.6 Å². The minimum atomic E-state index is -5.08. The predicted molar refractivity (Wildman–Crippen MR) is 135 cm³/mol. The Morgan fingerprint density at radius 1 is 0.950 bits per heavy atom. The van der Waals surface area contributed by atoms with E-state index in [9.17, 15) is 32.8 Å². The third-order valence-electron chi connectivity index (χ3n) is 7.54. The summed E-state index contributed by atoms with van der Waals surface area (Å²) >= 11 is 0. The molecule has 3 fully saturated rings. The fourth-order valence-corrected chi connectivity index (χ4v) is 5.35. The van der Waals surface area contributed by atoms with Gasteiger partial charge < -0.3 is 24.5 Å². The number of rotatable bonds is 4. The van der Waals surface area contributed by atoms with Gasteiger partial charge >= 0.3 is 18.2 Å². The number of likely N-dealkylation sites (tertiary alicyclic amines) is 1. The summed E-state index contributed by atoms with van der Waals surface area (Å²) in [6.45, 7) is 5.81. The number of para-hydroxylation sites is 1.